The van der Waals surface area contributed by atoms with Crippen LogP contribution in [-0.4, -0.2) is 22.8 Å². The number of hydrogen-bond donors (Lipinski definition) is 1. The average molecular weight is 328 g/mol. The number of allylic oxidation sites excluding steroid dienone is 3. The van der Waals surface area contributed by atoms with Crippen molar-refractivity contribution < 1.29 is 14.7 Å². The smallest absolute Gasteiger partial charge is 0.178 e. The molecule has 3 fully saturated rings. The Kier molecular flexibility index (Phi) is 3.48. The lowest BCUT2D eigenvalue weighted by Crippen LogP contribution is -2.55. The van der Waals surface area contributed by atoms with Crippen molar-refractivity contribution in [3.63, 3.8) is 0 Å². The zero-order chi connectivity index (χ0) is 17.3. The van der Waals surface area contributed by atoms with Gasteiger partial charge < -0.3 is 5.11 Å². The Morgan fingerprint density at radius 1 is 1.21 bits per heavy atom. The highest BCUT2D eigenvalue weighted by Gasteiger charge is 2.61. The fraction of sp³-hybridized carbons (Fsp3) is 0.714. The SMILES string of the molecule is CC(=O)[C@H]1CC[C@H]2[C@@H]3[C@H](O)CC4=CC(=O)C=C[C@]4(C)[C@H]3CC[C@]12C. The number of carbonyl (C=O) groups is 2. The number of Topliss-reactive ketones (excluding diaryl/α,β-unsaturated/α-hetero) is 1. The lowest BCUT2D eigenvalue weighted by Gasteiger charge is -2.58. The number of fused-ring (bicyclic) bond motifs is 5. The number of ketones is 2. The summed E-state index contributed by atoms with van der Waals surface area (Å²) in [5, 5.41) is 11.0. The van der Waals surface area contributed by atoms with Crippen LogP contribution in [0.3, 0.4) is 0 Å². The molecule has 0 aliphatic heterocycles. The van der Waals surface area contributed by atoms with E-state index in [-0.39, 0.29) is 34.6 Å². The topological polar surface area (TPSA) is 54.4 Å². The van der Waals surface area contributed by atoms with Crippen molar-refractivity contribution in [2.24, 2.45) is 34.5 Å². The van der Waals surface area contributed by atoms with Crippen LogP contribution in [0.5, 0.6) is 0 Å². The summed E-state index contributed by atoms with van der Waals surface area (Å²) >= 11 is 0. The van der Waals surface area contributed by atoms with Crippen LogP contribution < -0.4 is 0 Å². The Bertz CT molecular complexity index is 660. The van der Waals surface area contributed by atoms with Crippen LogP contribution in [0, 0.1) is 34.5 Å². The molecule has 0 radical (unpaired) electrons. The maximum Gasteiger partial charge on any atom is 0.178 e. The van der Waals surface area contributed by atoms with Gasteiger partial charge in [0.2, 0.25) is 0 Å². The van der Waals surface area contributed by atoms with E-state index in [1.807, 2.05) is 0 Å². The summed E-state index contributed by atoms with van der Waals surface area (Å²) in [7, 11) is 0. The summed E-state index contributed by atoms with van der Waals surface area (Å²) in [6, 6.07) is 0. The number of hydrogen-bond acceptors (Lipinski definition) is 3. The van der Waals surface area contributed by atoms with Gasteiger partial charge in [0.15, 0.2) is 5.78 Å². The number of rotatable bonds is 1. The van der Waals surface area contributed by atoms with Gasteiger partial charge in [-0.2, -0.15) is 0 Å². The van der Waals surface area contributed by atoms with E-state index in [1.54, 1.807) is 19.1 Å². The summed E-state index contributed by atoms with van der Waals surface area (Å²) in [4.78, 5) is 24.0. The van der Waals surface area contributed by atoms with Crippen LogP contribution in [0.25, 0.3) is 0 Å². The molecule has 7 atom stereocenters. The molecular weight excluding hydrogens is 300 g/mol. The lowest BCUT2D eigenvalue weighted by molar-refractivity contribution is -0.131. The molecule has 0 aromatic carbocycles. The lowest BCUT2D eigenvalue weighted by atomic mass is 9.47. The molecule has 0 unspecified atom stereocenters. The first-order chi connectivity index (χ1) is 11.3. The van der Waals surface area contributed by atoms with Crippen molar-refractivity contribution in [1.29, 1.82) is 0 Å². The first-order valence-corrected chi connectivity index (χ1v) is 9.40. The maximum atomic E-state index is 12.2. The van der Waals surface area contributed by atoms with Crippen LogP contribution in [0.15, 0.2) is 23.8 Å². The molecular formula is C21H28O3. The second kappa shape index (κ2) is 5.14. The first-order valence-electron chi connectivity index (χ1n) is 9.40. The van der Waals surface area contributed by atoms with Gasteiger partial charge in [-0.3, -0.25) is 9.59 Å². The summed E-state index contributed by atoms with van der Waals surface area (Å²) < 4.78 is 0. The zero-order valence-corrected chi connectivity index (χ0v) is 14.9. The standard InChI is InChI=1S/C21H28O3/c1-12(22)15-4-5-16-19-17(7-9-21(15,16)3)20(2)8-6-14(23)10-13(20)11-18(19)24/h6,8,10,15-19,24H,4-5,7,9,11H2,1-3H3/t15-,16+,17+,18-,19+,20+,21-/m1/s1. The fourth-order valence-electron chi connectivity index (χ4n) is 6.84. The Morgan fingerprint density at radius 3 is 2.67 bits per heavy atom. The summed E-state index contributed by atoms with van der Waals surface area (Å²) in [5.41, 5.74) is 1.04. The molecule has 0 heterocycles. The minimum absolute atomic E-state index is 0.0414. The van der Waals surface area contributed by atoms with Crippen LogP contribution >= 0.6 is 0 Å². The molecule has 0 bridgehead atoms. The third-order valence-electron chi connectivity index (χ3n) is 8.07. The minimum atomic E-state index is -0.385. The van der Waals surface area contributed by atoms with Crippen LogP contribution in [-0.2, 0) is 9.59 Å². The van der Waals surface area contributed by atoms with Gasteiger partial charge in [-0.15, -0.1) is 0 Å². The zero-order valence-electron chi connectivity index (χ0n) is 14.9. The largest absolute Gasteiger partial charge is 0.392 e. The van der Waals surface area contributed by atoms with Crippen molar-refractivity contribution >= 4 is 11.6 Å². The highest BCUT2D eigenvalue weighted by molar-refractivity contribution is 6.01. The van der Waals surface area contributed by atoms with Gasteiger partial charge in [-0.05, 0) is 74.3 Å². The quantitative estimate of drug-likeness (QED) is 0.802. The molecule has 0 saturated heterocycles. The normalized spacial score (nSPS) is 49.9. The maximum absolute atomic E-state index is 12.2. The van der Waals surface area contributed by atoms with Gasteiger partial charge in [0.05, 0.1) is 6.10 Å². The predicted molar refractivity (Wildman–Crippen MR) is 92.2 cm³/mol. The molecule has 0 amide bonds. The average Bonchev–Trinajstić information content (AvgIpc) is 2.86. The number of carbonyl (C=O) groups excluding carboxylic acids is 2. The van der Waals surface area contributed by atoms with E-state index in [2.05, 4.69) is 19.9 Å². The Balaban J connectivity index is 1.73. The first kappa shape index (κ1) is 16.3. The van der Waals surface area contributed by atoms with Gasteiger partial charge in [0, 0.05) is 11.3 Å². The number of aliphatic hydroxyl groups excluding tert-OH is 1. The molecule has 4 rings (SSSR count). The molecule has 4 aliphatic rings. The Morgan fingerprint density at radius 2 is 1.96 bits per heavy atom. The second-order valence-corrected chi connectivity index (χ2v) is 9.03. The molecule has 0 spiro atoms. The van der Waals surface area contributed by atoms with E-state index < -0.39 is 0 Å². The fourth-order valence-corrected chi connectivity index (χ4v) is 6.84. The molecule has 0 aromatic heterocycles. The molecule has 1 N–H and O–H groups in total. The van der Waals surface area contributed by atoms with E-state index in [1.165, 1.54) is 0 Å². The molecule has 0 aromatic rings. The van der Waals surface area contributed by atoms with Crippen LogP contribution in [0.2, 0.25) is 0 Å². The molecule has 3 saturated carbocycles. The molecule has 3 heteroatoms. The Hall–Kier alpha value is -1.22. The van der Waals surface area contributed by atoms with E-state index in [9.17, 15) is 14.7 Å². The van der Waals surface area contributed by atoms with Crippen molar-refractivity contribution in [2.75, 3.05) is 0 Å². The Labute approximate surface area is 144 Å². The third-order valence-corrected chi connectivity index (χ3v) is 8.07. The second-order valence-electron chi connectivity index (χ2n) is 9.03. The van der Waals surface area contributed by atoms with Crippen LogP contribution in [0.1, 0.15) is 52.9 Å². The predicted octanol–water partition coefficient (Wildman–Crippen LogP) is 3.47. The van der Waals surface area contributed by atoms with Gasteiger partial charge in [-0.1, -0.05) is 25.5 Å². The van der Waals surface area contributed by atoms with Crippen molar-refractivity contribution in [2.45, 2.75) is 59.0 Å². The molecule has 4 aliphatic carbocycles. The van der Waals surface area contributed by atoms with Crippen LogP contribution in [0.4, 0.5) is 0 Å². The molecule has 130 valence electrons. The van der Waals surface area contributed by atoms with E-state index in [0.29, 0.717) is 24.0 Å². The number of aliphatic hydroxyl groups is 1. The van der Waals surface area contributed by atoms with Gasteiger partial charge >= 0.3 is 0 Å². The highest BCUT2D eigenvalue weighted by Crippen LogP contribution is 2.65. The van der Waals surface area contributed by atoms with Gasteiger partial charge in [0.1, 0.15) is 5.78 Å². The summed E-state index contributed by atoms with van der Waals surface area (Å²) in [5.74, 6) is 1.56. The van der Waals surface area contributed by atoms with E-state index in [0.717, 1.165) is 31.3 Å². The summed E-state index contributed by atoms with van der Waals surface area (Å²) in [6.07, 6.45) is 9.88. The van der Waals surface area contributed by atoms with Crippen molar-refractivity contribution in [3.05, 3.63) is 23.8 Å². The van der Waals surface area contributed by atoms with E-state index in [4.69, 9.17) is 0 Å². The van der Waals surface area contributed by atoms with Crippen molar-refractivity contribution in [3.8, 4) is 0 Å². The molecule has 24 heavy (non-hydrogen) atoms. The molecule has 3 nitrogen and oxygen atoms in total. The van der Waals surface area contributed by atoms with Gasteiger partial charge in [0.25, 0.3) is 0 Å². The highest BCUT2D eigenvalue weighted by atomic mass is 16.3. The monoisotopic (exact) mass is 328 g/mol. The summed E-state index contributed by atoms with van der Waals surface area (Å²) in [6.45, 7) is 6.26. The van der Waals surface area contributed by atoms with Crippen molar-refractivity contribution in [1.82, 2.24) is 0 Å². The minimum Gasteiger partial charge on any atom is -0.392 e. The third kappa shape index (κ3) is 2.00. The van der Waals surface area contributed by atoms with E-state index >= 15 is 0 Å². The van der Waals surface area contributed by atoms with Gasteiger partial charge in [-0.25, -0.2) is 0 Å².